The number of benzene rings is 1. The fourth-order valence-corrected chi connectivity index (χ4v) is 2.69. The third-order valence-corrected chi connectivity index (χ3v) is 3.57. The van der Waals surface area contributed by atoms with E-state index in [-0.39, 0.29) is 0 Å². The van der Waals surface area contributed by atoms with Crippen molar-refractivity contribution in [2.75, 3.05) is 13.1 Å². The van der Waals surface area contributed by atoms with Crippen LogP contribution in [0.1, 0.15) is 25.3 Å². The van der Waals surface area contributed by atoms with Gasteiger partial charge in [0.25, 0.3) is 0 Å². The second-order valence-corrected chi connectivity index (χ2v) is 5.21. The summed E-state index contributed by atoms with van der Waals surface area (Å²) in [5.41, 5.74) is 2.20. The molecule has 17 heavy (non-hydrogen) atoms. The molecule has 3 nitrogen and oxygen atoms in total. The van der Waals surface area contributed by atoms with Crippen molar-refractivity contribution in [1.29, 1.82) is 0 Å². The van der Waals surface area contributed by atoms with Gasteiger partial charge in [0.1, 0.15) is 11.7 Å². The molecule has 3 rings (SSSR count). The Hall–Kier alpha value is -1.16. The highest BCUT2D eigenvalue weighted by atomic mass is 79.9. The Morgan fingerprint density at radius 1 is 1.41 bits per heavy atom. The Kier molecular flexibility index (Phi) is 2.74. The molecule has 0 aliphatic carbocycles. The largest absolute Gasteiger partial charge is 0.312 e. The molecule has 4 heteroatoms. The summed E-state index contributed by atoms with van der Waals surface area (Å²) in [6, 6.07) is 6.21. The van der Waals surface area contributed by atoms with Gasteiger partial charge in [0.2, 0.25) is 0 Å². The number of halogens is 1. The molecule has 2 aliphatic rings. The summed E-state index contributed by atoms with van der Waals surface area (Å²) in [5, 5.41) is 0. The molecule has 0 saturated carbocycles. The highest BCUT2D eigenvalue weighted by Gasteiger charge is 2.28. The minimum atomic E-state index is 0.879. The van der Waals surface area contributed by atoms with Crippen molar-refractivity contribution in [3.05, 3.63) is 28.2 Å². The van der Waals surface area contributed by atoms with Crippen LogP contribution >= 0.6 is 15.9 Å². The SMILES string of the molecule is CCCC1=Nc2ccc(Br)cc2C2=NCCN12. The fraction of sp³-hybridized carbons (Fsp3) is 0.385. The molecule has 0 unspecified atom stereocenters. The predicted octanol–water partition coefficient (Wildman–Crippen LogP) is 3.36. The molecule has 0 N–H and O–H groups in total. The number of hydrogen-bond donors (Lipinski definition) is 0. The summed E-state index contributed by atoms with van der Waals surface area (Å²) in [4.78, 5) is 11.6. The van der Waals surface area contributed by atoms with Crippen LogP contribution in [-0.2, 0) is 0 Å². The molecule has 1 aromatic rings. The molecule has 0 atom stereocenters. The lowest BCUT2D eigenvalue weighted by Crippen LogP contribution is -2.37. The standard InChI is InChI=1S/C13H14BrN3/c1-2-3-12-16-11-5-4-9(14)8-10(11)13-15-6-7-17(12)13/h4-5,8H,2-3,6-7H2,1H3. The zero-order chi connectivity index (χ0) is 11.8. The number of nitrogens with zero attached hydrogens (tertiary/aromatic N) is 3. The van der Waals surface area contributed by atoms with E-state index in [0.29, 0.717) is 0 Å². The van der Waals surface area contributed by atoms with E-state index in [1.807, 2.05) is 6.07 Å². The van der Waals surface area contributed by atoms with Crippen LogP contribution in [-0.4, -0.2) is 29.7 Å². The topological polar surface area (TPSA) is 28.0 Å². The highest BCUT2D eigenvalue weighted by molar-refractivity contribution is 9.10. The van der Waals surface area contributed by atoms with Gasteiger partial charge >= 0.3 is 0 Å². The molecule has 0 fully saturated rings. The van der Waals surface area contributed by atoms with E-state index in [1.54, 1.807) is 0 Å². The van der Waals surface area contributed by atoms with Gasteiger partial charge in [-0.2, -0.15) is 0 Å². The zero-order valence-corrected chi connectivity index (χ0v) is 11.4. The Bertz CT molecular complexity index is 519. The second kappa shape index (κ2) is 4.26. The zero-order valence-electron chi connectivity index (χ0n) is 9.78. The number of aliphatic imine (C=N–C) groups is 2. The Morgan fingerprint density at radius 3 is 3.12 bits per heavy atom. The summed E-state index contributed by atoms with van der Waals surface area (Å²) in [5.74, 6) is 2.26. The van der Waals surface area contributed by atoms with Crippen molar-refractivity contribution >= 4 is 33.3 Å². The van der Waals surface area contributed by atoms with E-state index in [4.69, 9.17) is 4.99 Å². The van der Waals surface area contributed by atoms with Gasteiger partial charge in [-0.25, -0.2) is 4.99 Å². The normalized spacial score (nSPS) is 17.4. The van der Waals surface area contributed by atoms with E-state index >= 15 is 0 Å². The first-order valence-electron chi connectivity index (χ1n) is 5.99. The third kappa shape index (κ3) is 1.80. The Morgan fingerprint density at radius 2 is 2.29 bits per heavy atom. The second-order valence-electron chi connectivity index (χ2n) is 4.30. The fourth-order valence-electron chi connectivity index (χ4n) is 2.33. The molecule has 0 aromatic heterocycles. The molecular weight excluding hydrogens is 278 g/mol. The highest BCUT2D eigenvalue weighted by Crippen LogP contribution is 2.31. The average molecular weight is 292 g/mol. The van der Waals surface area contributed by atoms with Crippen LogP contribution in [0.3, 0.4) is 0 Å². The molecule has 0 amide bonds. The van der Waals surface area contributed by atoms with E-state index < -0.39 is 0 Å². The molecule has 1 aromatic carbocycles. The quantitative estimate of drug-likeness (QED) is 0.821. The van der Waals surface area contributed by atoms with Crippen LogP contribution < -0.4 is 0 Å². The molecule has 0 spiro atoms. The number of hydrogen-bond acceptors (Lipinski definition) is 3. The van der Waals surface area contributed by atoms with E-state index in [9.17, 15) is 0 Å². The molecule has 2 heterocycles. The third-order valence-electron chi connectivity index (χ3n) is 3.08. The lowest BCUT2D eigenvalue weighted by molar-refractivity contribution is 0.638. The minimum absolute atomic E-state index is 0.879. The summed E-state index contributed by atoms with van der Waals surface area (Å²) in [6.07, 6.45) is 2.14. The van der Waals surface area contributed by atoms with Crippen LogP contribution in [0.15, 0.2) is 32.7 Å². The Labute approximate surface area is 109 Å². The van der Waals surface area contributed by atoms with E-state index in [2.05, 4.69) is 44.9 Å². The lowest BCUT2D eigenvalue weighted by Gasteiger charge is -2.27. The van der Waals surface area contributed by atoms with Gasteiger partial charge in [0.05, 0.1) is 12.2 Å². The first-order valence-corrected chi connectivity index (χ1v) is 6.78. The summed E-state index contributed by atoms with van der Waals surface area (Å²) >= 11 is 3.51. The van der Waals surface area contributed by atoms with Crippen LogP contribution in [0.25, 0.3) is 0 Å². The van der Waals surface area contributed by atoms with Gasteiger partial charge in [-0.05, 0) is 24.6 Å². The summed E-state index contributed by atoms with van der Waals surface area (Å²) in [6.45, 7) is 4.04. The number of fused-ring (bicyclic) bond motifs is 3. The van der Waals surface area contributed by atoms with Gasteiger partial charge in [-0.1, -0.05) is 22.9 Å². The van der Waals surface area contributed by atoms with Crippen LogP contribution in [0, 0.1) is 0 Å². The molecule has 0 radical (unpaired) electrons. The predicted molar refractivity (Wildman–Crippen MR) is 74.3 cm³/mol. The van der Waals surface area contributed by atoms with Crippen molar-refractivity contribution in [2.24, 2.45) is 9.98 Å². The van der Waals surface area contributed by atoms with Gasteiger partial charge in [-0.15, -0.1) is 0 Å². The number of amidine groups is 2. The summed E-state index contributed by atoms with van der Waals surface area (Å²) in [7, 11) is 0. The lowest BCUT2D eigenvalue weighted by atomic mass is 10.1. The molecule has 88 valence electrons. The van der Waals surface area contributed by atoms with Gasteiger partial charge in [0, 0.05) is 23.0 Å². The monoisotopic (exact) mass is 291 g/mol. The van der Waals surface area contributed by atoms with Crippen molar-refractivity contribution in [3.8, 4) is 0 Å². The number of rotatable bonds is 2. The molecule has 0 bridgehead atoms. The van der Waals surface area contributed by atoms with Crippen molar-refractivity contribution in [1.82, 2.24) is 4.90 Å². The average Bonchev–Trinajstić information content (AvgIpc) is 2.80. The maximum absolute atomic E-state index is 4.76. The van der Waals surface area contributed by atoms with Gasteiger partial charge < -0.3 is 4.90 Å². The Balaban J connectivity index is 2.13. The first-order chi connectivity index (χ1) is 8.29. The van der Waals surface area contributed by atoms with Crippen molar-refractivity contribution in [3.63, 3.8) is 0 Å². The smallest absolute Gasteiger partial charge is 0.138 e. The molecule has 0 saturated heterocycles. The minimum Gasteiger partial charge on any atom is -0.312 e. The van der Waals surface area contributed by atoms with Crippen molar-refractivity contribution in [2.45, 2.75) is 19.8 Å². The van der Waals surface area contributed by atoms with Crippen molar-refractivity contribution < 1.29 is 0 Å². The van der Waals surface area contributed by atoms with Gasteiger partial charge in [0.15, 0.2) is 0 Å². The van der Waals surface area contributed by atoms with E-state index in [1.165, 1.54) is 5.84 Å². The van der Waals surface area contributed by atoms with Gasteiger partial charge in [-0.3, -0.25) is 4.99 Å². The molecular formula is C13H14BrN3. The van der Waals surface area contributed by atoms with E-state index in [0.717, 1.165) is 47.5 Å². The molecule has 2 aliphatic heterocycles. The first kappa shape index (κ1) is 11.0. The summed E-state index contributed by atoms with van der Waals surface area (Å²) < 4.78 is 1.08. The maximum Gasteiger partial charge on any atom is 0.138 e. The van der Waals surface area contributed by atoms with Crippen LogP contribution in [0.4, 0.5) is 5.69 Å². The maximum atomic E-state index is 4.76. The van der Waals surface area contributed by atoms with Crippen LogP contribution in [0.2, 0.25) is 0 Å². The van der Waals surface area contributed by atoms with Crippen LogP contribution in [0.5, 0.6) is 0 Å².